The van der Waals surface area contributed by atoms with E-state index in [2.05, 4.69) is 15.7 Å². The van der Waals surface area contributed by atoms with E-state index in [0.717, 1.165) is 21.5 Å². The van der Waals surface area contributed by atoms with Gasteiger partial charge in [0.15, 0.2) is 28.4 Å². The van der Waals surface area contributed by atoms with E-state index < -0.39 is 41.2 Å². The lowest BCUT2D eigenvalue weighted by molar-refractivity contribution is 0.366. The molecule has 3 aromatic rings. The van der Waals surface area contributed by atoms with Gasteiger partial charge in [-0.25, -0.2) is 22.0 Å². The molecule has 0 bridgehead atoms. The van der Waals surface area contributed by atoms with Crippen LogP contribution in [0.1, 0.15) is 28.1 Å². The molecule has 0 unspecified atom stereocenters. The van der Waals surface area contributed by atoms with Gasteiger partial charge < -0.3 is 10.6 Å². The molecule has 164 valence electrons. The zero-order valence-corrected chi connectivity index (χ0v) is 17.9. The number of hydrogen-bond donors (Lipinski definition) is 2. The third-order valence-electron chi connectivity index (χ3n) is 4.71. The largest absolute Gasteiger partial charge is 0.332 e. The Hall–Kier alpha value is -3.01. The van der Waals surface area contributed by atoms with E-state index in [4.69, 9.17) is 12.2 Å². The highest BCUT2D eigenvalue weighted by molar-refractivity contribution is 7.80. The number of nitrogens with zero attached hydrogens (tertiary/aromatic N) is 2. The van der Waals surface area contributed by atoms with Crippen molar-refractivity contribution >= 4 is 28.7 Å². The highest BCUT2D eigenvalue weighted by atomic mass is 32.1. The predicted octanol–water partition coefficient (Wildman–Crippen LogP) is 5.67. The van der Waals surface area contributed by atoms with Crippen molar-refractivity contribution in [3.8, 4) is 0 Å². The number of rotatable bonds is 4. The second-order valence-corrected chi connectivity index (χ2v) is 7.62. The number of thiocarbonyl (C=S) groups is 1. The minimum atomic E-state index is -2.20. The fourth-order valence-electron chi connectivity index (χ4n) is 3.29. The first-order valence-corrected chi connectivity index (χ1v) is 9.61. The van der Waals surface area contributed by atoms with Crippen molar-refractivity contribution in [3.05, 3.63) is 75.4 Å². The molecule has 0 saturated heterocycles. The molecule has 31 heavy (non-hydrogen) atoms. The Labute approximate surface area is 181 Å². The van der Waals surface area contributed by atoms with E-state index in [1.807, 2.05) is 32.0 Å². The number of aromatic nitrogens is 2. The second kappa shape index (κ2) is 8.62. The zero-order chi connectivity index (χ0) is 23.0. The van der Waals surface area contributed by atoms with Gasteiger partial charge in [0.25, 0.3) is 0 Å². The van der Waals surface area contributed by atoms with Crippen LogP contribution < -0.4 is 10.6 Å². The minimum Gasteiger partial charge on any atom is -0.332 e. The van der Waals surface area contributed by atoms with Crippen LogP contribution in [0.5, 0.6) is 0 Å². The molecule has 0 aliphatic carbocycles. The molecule has 0 radical (unpaired) electrons. The molecule has 0 aliphatic rings. The summed E-state index contributed by atoms with van der Waals surface area (Å²) >= 11 is 5.33. The molecular formula is C21H19F5N4S. The molecule has 1 aromatic heterocycles. The highest BCUT2D eigenvalue weighted by Crippen LogP contribution is 2.26. The summed E-state index contributed by atoms with van der Waals surface area (Å²) in [7, 11) is 0. The van der Waals surface area contributed by atoms with Gasteiger partial charge >= 0.3 is 0 Å². The summed E-state index contributed by atoms with van der Waals surface area (Å²) in [6.07, 6.45) is 0. The molecule has 4 nitrogen and oxygen atoms in total. The highest BCUT2D eigenvalue weighted by Gasteiger charge is 2.26. The molecule has 0 aliphatic heterocycles. The Bertz CT molecular complexity index is 1140. The average Bonchev–Trinajstić information content (AvgIpc) is 2.94. The SMILES string of the molecule is Cc1cc(C)cc(NC(=S)Nc2c(C)nn(Cc3c(F)c(F)c(F)c(F)c3F)c2C)c1. The van der Waals surface area contributed by atoms with Gasteiger partial charge in [-0.3, -0.25) is 4.68 Å². The van der Waals surface area contributed by atoms with Gasteiger partial charge in [-0.05, 0) is 63.2 Å². The number of halogens is 5. The first kappa shape index (κ1) is 22.7. The second-order valence-electron chi connectivity index (χ2n) is 7.21. The van der Waals surface area contributed by atoms with Crippen molar-refractivity contribution in [1.29, 1.82) is 0 Å². The standard InChI is InChI=1S/C21H19F5N4S/c1-9-5-10(2)7-13(6-9)27-21(31)28-20-11(3)29-30(12(20)4)8-14-15(22)17(24)19(26)18(25)16(14)23/h5-7H,8H2,1-4H3,(H2,27,28,31). The number of nitrogens with one attached hydrogen (secondary N) is 2. The Morgan fingerprint density at radius 3 is 1.90 bits per heavy atom. The summed E-state index contributed by atoms with van der Waals surface area (Å²) in [6, 6.07) is 5.83. The van der Waals surface area contributed by atoms with Gasteiger partial charge in [-0.1, -0.05) is 6.07 Å². The normalized spacial score (nSPS) is 11.0. The number of aryl methyl sites for hydroxylation is 3. The molecule has 10 heteroatoms. The van der Waals surface area contributed by atoms with Gasteiger partial charge in [0.1, 0.15) is 0 Å². The third-order valence-corrected chi connectivity index (χ3v) is 4.91. The van der Waals surface area contributed by atoms with Gasteiger partial charge in [0, 0.05) is 5.69 Å². The molecule has 0 spiro atoms. The van der Waals surface area contributed by atoms with E-state index in [1.54, 1.807) is 13.8 Å². The summed E-state index contributed by atoms with van der Waals surface area (Å²) in [5.41, 5.74) is 3.22. The monoisotopic (exact) mass is 454 g/mol. The Kier molecular flexibility index (Phi) is 6.30. The summed E-state index contributed by atoms with van der Waals surface area (Å²) in [6.45, 7) is 6.48. The van der Waals surface area contributed by atoms with Crippen LogP contribution in [-0.2, 0) is 6.54 Å². The van der Waals surface area contributed by atoms with Crippen molar-refractivity contribution in [2.75, 3.05) is 10.6 Å². The molecule has 2 aromatic carbocycles. The maximum atomic E-state index is 14.0. The Morgan fingerprint density at radius 2 is 1.35 bits per heavy atom. The summed E-state index contributed by atoms with van der Waals surface area (Å²) in [5, 5.41) is 10.4. The van der Waals surface area contributed by atoms with Crippen LogP contribution >= 0.6 is 12.2 Å². The van der Waals surface area contributed by atoms with Crippen LogP contribution in [0.4, 0.5) is 33.3 Å². The average molecular weight is 454 g/mol. The number of benzene rings is 2. The van der Waals surface area contributed by atoms with Crippen molar-refractivity contribution in [1.82, 2.24) is 9.78 Å². The van der Waals surface area contributed by atoms with Crippen LogP contribution in [0.15, 0.2) is 18.2 Å². The summed E-state index contributed by atoms with van der Waals surface area (Å²) in [5.74, 6) is -9.95. The molecule has 0 atom stereocenters. The molecule has 1 heterocycles. The van der Waals surface area contributed by atoms with E-state index in [1.165, 1.54) is 0 Å². The molecule has 3 rings (SSSR count). The topological polar surface area (TPSA) is 41.9 Å². The van der Waals surface area contributed by atoms with Crippen LogP contribution in [0.25, 0.3) is 0 Å². The maximum absolute atomic E-state index is 14.0. The lowest BCUT2D eigenvalue weighted by Gasteiger charge is -2.13. The Balaban J connectivity index is 1.86. The van der Waals surface area contributed by atoms with Crippen LogP contribution in [-0.4, -0.2) is 14.9 Å². The van der Waals surface area contributed by atoms with Gasteiger partial charge in [-0.2, -0.15) is 5.10 Å². The summed E-state index contributed by atoms with van der Waals surface area (Å²) < 4.78 is 69.5. The first-order chi connectivity index (χ1) is 14.5. The number of anilines is 2. The van der Waals surface area contributed by atoms with E-state index in [-0.39, 0.29) is 5.11 Å². The van der Waals surface area contributed by atoms with Crippen molar-refractivity contribution in [2.45, 2.75) is 34.2 Å². The first-order valence-electron chi connectivity index (χ1n) is 9.20. The molecular weight excluding hydrogens is 435 g/mol. The summed E-state index contributed by atoms with van der Waals surface area (Å²) in [4.78, 5) is 0. The Morgan fingerprint density at radius 1 is 0.839 bits per heavy atom. The van der Waals surface area contributed by atoms with E-state index >= 15 is 0 Å². The predicted molar refractivity (Wildman–Crippen MR) is 113 cm³/mol. The molecule has 0 amide bonds. The third kappa shape index (κ3) is 4.53. The molecule has 2 N–H and O–H groups in total. The van der Waals surface area contributed by atoms with Crippen molar-refractivity contribution < 1.29 is 22.0 Å². The van der Waals surface area contributed by atoms with Crippen LogP contribution in [0, 0.1) is 56.8 Å². The van der Waals surface area contributed by atoms with E-state index in [0.29, 0.717) is 17.1 Å². The maximum Gasteiger partial charge on any atom is 0.200 e. The number of hydrogen-bond acceptors (Lipinski definition) is 2. The lowest BCUT2D eigenvalue weighted by Crippen LogP contribution is -2.20. The molecule has 0 fully saturated rings. The smallest absolute Gasteiger partial charge is 0.200 e. The fourth-order valence-corrected chi connectivity index (χ4v) is 3.51. The van der Waals surface area contributed by atoms with Gasteiger partial charge in [0.2, 0.25) is 5.82 Å². The minimum absolute atomic E-state index is 0.256. The lowest BCUT2D eigenvalue weighted by atomic mass is 10.1. The van der Waals surface area contributed by atoms with E-state index in [9.17, 15) is 22.0 Å². The van der Waals surface area contributed by atoms with Crippen LogP contribution in [0.2, 0.25) is 0 Å². The van der Waals surface area contributed by atoms with Crippen molar-refractivity contribution in [2.24, 2.45) is 0 Å². The fraction of sp³-hybridized carbons (Fsp3) is 0.238. The zero-order valence-electron chi connectivity index (χ0n) is 17.1. The molecule has 0 saturated carbocycles. The van der Waals surface area contributed by atoms with Gasteiger partial charge in [-0.15, -0.1) is 0 Å². The van der Waals surface area contributed by atoms with Gasteiger partial charge in [0.05, 0.1) is 29.2 Å². The van der Waals surface area contributed by atoms with Crippen molar-refractivity contribution in [3.63, 3.8) is 0 Å². The van der Waals surface area contributed by atoms with Crippen LogP contribution in [0.3, 0.4) is 0 Å². The quantitative estimate of drug-likeness (QED) is 0.231.